The lowest BCUT2D eigenvalue weighted by Gasteiger charge is -2.29. The van der Waals surface area contributed by atoms with Gasteiger partial charge in [-0.25, -0.2) is 18.7 Å². The van der Waals surface area contributed by atoms with Crippen LogP contribution in [0.25, 0.3) is 11.2 Å². The van der Waals surface area contributed by atoms with E-state index in [4.69, 9.17) is 22.3 Å². The van der Waals surface area contributed by atoms with E-state index in [1.807, 2.05) is 4.57 Å². The monoisotopic (exact) mass is 519 g/mol. The second-order valence-electron chi connectivity index (χ2n) is 9.62. The van der Waals surface area contributed by atoms with Crippen molar-refractivity contribution in [3.63, 3.8) is 0 Å². The zero-order valence-corrected chi connectivity index (χ0v) is 20.3. The first-order valence-electron chi connectivity index (χ1n) is 12.2. The van der Waals surface area contributed by atoms with E-state index in [0.717, 1.165) is 31.4 Å². The Morgan fingerprint density at radius 3 is 2.64 bits per heavy atom. The fraction of sp³-hybridized carbons (Fsp3) is 0.500. The lowest BCUT2D eigenvalue weighted by atomic mass is 9.85. The molecule has 2 fully saturated rings. The molecule has 1 amide bonds. The lowest BCUT2D eigenvalue weighted by Crippen LogP contribution is -2.30. The van der Waals surface area contributed by atoms with Crippen molar-refractivity contribution in [2.24, 2.45) is 11.7 Å². The largest absolute Gasteiger partial charge is 0.393 e. The van der Waals surface area contributed by atoms with Crippen LogP contribution < -0.4 is 16.4 Å². The van der Waals surface area contributed by atoms with Gasteiger partial charge in [0.2, 0.25) is 17.8 Å². The van der Waals surface area contributed by atoms with E-state index in [1.54, 1.807) is 6.20 Å². The van der Waals surface area contributed by atoms with Crippen LogP contribution in [0.3, 0.4) is 0 Å². The van der Waals surface area contributed by atoms with Crippen molar-refractivity contribution < 1.29 is 18.7 Å². The van der Waals surface area contributed by atoms with Gasteiger partial charge in [-0.2, -0.15) is 4.98 Å². The number of fused-ring (bicyclic) bond motifs is 1. The van der Waals surface area contributed by atoms with Crippen LogP contribution in [0.1, 0.15) is 57.4 Å². The fourth-order valence-corrected chi connectivity index (χ4v) is 5.40. The third-order valence-corrected chi connectivity index (χ3v) is 7.45. The highest BCUT2D eigenvalue weighted by molar-refractivity contribution is 6.31. The molecule has 2 saturated carbocycles. The van der Waals surface area contributed by atoms with Crippen molar-refractivity contribution in [2.75, 3.05) is 10.6 Å². The second-order valence-corrected chi connectivity index (χ2v) is 10.0. The number of aromatic nitrogens is 4. The molecule has 1 aromatic carbocycles. The van der Waals surface area contributed by atoms with Gasteiger partial charge in [0, 0.05) is 18.0 Å². The van der Waals surface area contributed by atoms with Crippen molar-refractivity contribution in [3.8, 4) is 0 Å². The summed E-state index contributed by atoms with van der Waals surface area (Å²) < 4.78 is 31.0. The highest BCUT2D eigenvalue weighted by atomic mass is 35.5. The maximum absolute atomic E-state index is 14.7. The average Bonchev–Trinajstić information content (AvgIpc) is 3.21. The number of rotatable bonds is 6. The van der Waals surface area contributed by atoms with Crippen molar-refractivity contribution in [1.82, 2.24) is 19.5 Å². The Balaban J connectivity index is 1.52. The van der Waals surface area contributed by atoms with Crippen LogP contribution in [0.15, 0.2) is 18.3 Å². The van der Waals surface area contributed by atoms with Gasteiger partial charge in [-0.1, -0.05) is 11.6 Å². The van der Waals surface area contributed by atoms with E-state index < -0.39 is 17.3 Å². The number of carbonyl (C=O) groups is 1. The van der Waals surface area contributed by atoms with Gasteiger partial charge in [0.05, 0.1) is 17.3 Å². The summed E-state index contributed by atoms with van der Waals surface area (Å²) in [7, 11) is 0. The molecule has 12 heteroatoms. The van der Waals surface area contributed by atoms with Crippen LogP contribution in [0.4, 0.5) is 26.4 Å². The standard InChI is InChI=1S/C24H28ClF2N7O2/c25-16-8-9-17(26)20(19(16)27)32-24-31-18-11-29-23(30-13-2-1-3-15(35)10-13)33-22(18)34(24)14-6-4-12(5-7-14)21(28)36/h8-9,11-15,35H,1-7,10H2,(H2,28,36)(H,31,32)(H,29,30,33)/t12?,13-,14?,15-/m0/s1. The second kappa shape index (κ2) is 10.1. The summed E-state index contributed by atoms with van der Waals surface area (Å²) in [6.07, 6.45) is 6.83. The Morgan fingerprint density at radius 1 is 1.14 bits per heavy atom. The predicted octanol–water partition coefficient (Wildman–Crippen LogP) is 4.43. The molecule has 0 bridgehead atoms. The van der Waals surface area contributed by atoms with Crippen molar-refractivity contribution in [1.29, 1.82) is 0 Å². The van der Waals surface area contributed by atoms with Gasteiger partial charge in [-0.15, -0.1) is 0 Å². The van der Waals surface area contributed by atoms with E-state index in [-0.39, 0.29) is 41.0 Å². The molecular weight excluding hydrogens is 492 g/mol. The Morgan fingerprint density at radius 2 is 1.92 bits per heavy atom. The minimum Gasteiger partial charge on any atom is -0.393 e. The van der Waals surface area contributed by atoms with Crippen LogP contribution in [0.5, 0.6) is 0 Å². The molecule has 5 N–H and O–H groups in total. The van der Waals surface area contributed by atoms with Gasteiger partial charge in [-0.05, 0) is 63.5 Å². The van der Waals surface area contributed by atoms with Crippen LogP contribution in [0, 0.1) is 17.6 Å². The van der Waals surface area contributed by atoms with Gasteiger partial charge in [0.25, 0.3) is 0 Å². The molecule has 9 nitrogen and oxygen atoms in total. The van der Waals surface area contributed by atoms with Gasteiger partial charge in [0.15, 0.2) is 11.5 Å². The van der Waals surface area contributed by atoms with Crippen LogP contribution in [-0.2, 0) is 4.79 Å². The maximum atomic E-state index is 14.7. The molecule has 0 saturated heterocycles. The highest BCUT2D eigenvalue weighted by Gasteiger charge is 2.30. The molecule has 2 aliphatic rings. The number of halogens is 3. The van der Waals surface area contributed by atoms with Crippen molar-refractivity contribution >= 4 is 46.3 Å². The summed E-state index contributed by atoms with van der Waals surface area (Å²) in [5.41, 5.74) is 6.04. The number of hydrogen-bond acceptors (Lipinski definition) is 7. The molecule has 192 valence electrons. The maximum Gasteiger partial charge on any atom is 0.224 e. The van der Waals surface area contributed by atoms with Crippen LogP contribution in [0.2, 0.25) is 5.02 Å². The zero-order valence-electron chi connectivity index (χ0n) is 19.6. The van der Waals surface area contributed by atoms with Gasteiger partial charge in [0.1, 0.15) is 17.0 Å². The first-order chi connectivity index (χ1) is 17.3. The molecular formula is C24H28ClF2N7O2. The molecule has 2 aromatic heterocycles. The van der Waals surface area contributed by atoms with E-state index in [9.17, 15) is 18.7 Å². The first kappa shape index (κ1) is 24.6. The minimum absolute atomic E-state index is 0.0424. The predicted molar refractivity (Wildman–Crippen MR) is 132 cm³/mol. The average molecular weight is 520 g/mol. The Kier molecular flexibility index (Phi) is 6.94. The number of anilines is 3. The summed E-state index contributed by atoms with van der Waals surface area (Å²) in [6.45, 7) is 0. The molecule has 2 atom stereocenters. The third kappa shape index (κ3) is 4.94. The number of carbonyl (C=O) groups excluding carboxylic acids is 1. The number of aliphatic hydroxyl groups excluding tert-OH is 1. The van der Waals surface area contributed by atoms with Gasteiger partial charge < -0.3 is 21.5 Å². The van der Waals surface area contributed by atoms with Gasteiger partial charge >= 0.3 is 0 Å². The smallest absolute Gasteiger partial charge is 0.224 e. The quantitative estimate of drug-likeness (QED) is 0.354. The summed E-state index contributed by atoms with van der Waals surface area (Å²) in [6, 6.07) is 2.15. The number of benzene rings is 1. The number of amides is 1. The molecule has 5 rings (SSSR count). The van der Waals surface area contributed by atoms with Crippen LogP contribution in [-0.4, -0.2) is 42.7 Å². The molecule has 2 heterocycles. The van der Waals surface area contributed by atoms with E-state index in [2.05, 4.69) is 20.6 Å². The Labute approximate surface area is 211 Å². The summed E-state index contributed by atoms with van der Waals surface area (Å²) >= 11 is 5.89. The van der Waals surface area contributed by atoms with E-state index in [1.165, 1.54) is 0 Å². The van der Waals surface area contributed by atoms with Crippen molar-refractivity contribution in [3.05, 3.63) is 35.0 Å². The molecule has 3 aromatic rings. The molecule has 0 unspecified atom stereocenters. The zero-order chi connectivity index (χ0) is 25.4. The SMILES string of the molecule is NC(=O)C1CCC(n2c(Nc3c(F)ccc(Cl)c3F)nc3cnc(N[C@H]4CCC[C@H](O)C4)nc32)CC1. The molecule has 0 spiro atoms. The Hall–Kier alpha value is -3.05. The first-order valence-corrected chi connectivity index (χ1v) is 12.6. The van der Waals surface area contributed by atoms with Crippen molar-refractivity contribution in [2.45, 2.75) is 69.6 Å². The molecule has 2 aliphatic carbocycles. The lowest BCUT2D eigenvalue weighted by molar-refractivity contribution is -0.122. The topological polar surface area (TPSA) is 131 Å². The normalized spacial score (nSPS) is 24.6. The number of primary amides is 1. The molecule has 0 aliphatic heterocycles. The summed E-state index contributed by atoms with van der Waals surface area (Å²) in [5.74, 6) is -1.67. The fourth-order valence-electron chi connectivity index (χ4n) is 5.24. The molecule has 36 heavy (non-hydrogen) atoms. The number of hydrogen-bond donors (Lipinski definition) is 4. The number of nitrogens with one attached hydrogen (secondary N) is 2. The minimum atomic E-state index is -0.919. The number of nitrogens with two attached hydrogens (primary N) is 1. The molecule has 0 radical (unpaired) electrons. The van der Waals surface area contributed by atoms with Gasteiger partial charge in [-0.3, -0.25) is 9.36 Å². The number of aliphatic hydroxyl groups is 1. The van der Waals surface area contributed by atoms with E-state index >= 15 is 0 Å². The third-order valence-electron chi connectivity index (χ3n) is 7.16. The highest BCUT2D eigenvalue weighted by Crippen LogP contribution is 2.38. The number of imidazole rings is 1. The van der Waals surface area contributed by atoms with E-state index in [0.29, 0.717) is 49.2 Å². The summed E-state index contributed by atoms with van der Waals surface area (Å²) in [5, 5.41) is 15.9. The summed E-state index contributed by atoms with van der Waals surface area (Å²) in [4.78, 5) is 25.3. The van der Waals surface area contributed by atoms with Crippen LogP contribution >= 0.6 is 11.6 Å². The Bertz CT molecular complexity index is 1280. The number of nitrogens with zero attached hydrogens (tertiary/aromatic N) is 4.